The standard InChI is InChI=1S/C26H29Cl2FN4O2/c1-15-9-19(10-16(2)24(15)29)33-23-12-21(28)20(27)11-22(23)31-26(33)32-6-3-18(4-7-32)25(34)30-13-17-5-8-35-14-17/h9-12,17-18H,3-8,13-14H2,1-2H3,(H,30,34). The summed E-state index contributed by atoms with van der Waals surface area (Å²) in [6, 6.07) is 7.21. The van der Waals surface area contributed by atoms with E-state index in [1.54, 1.807) is 26.0 Å². The maximum Gasteiger partial charge on any atom is 0.223 e. The Hall–Kier alpha value is -2.35. The Bertz CT molecular complexity index is 1240. The molecule has 2 aromatic carbocycles. The number of hydrogen-bond acceptors (Lipinski definition) is 4. The smallest absolute Gasteiger partial charge is 0.223 e. The number of anilines is 1. The first-order valence-electron chi connectivity index (χ1n) is 12.1. The molecule has 186 valence electrons. The first kappa shape index (κ1) is 24.3. The number of aryl methyl sites for hydroxylation is 2. The summed E-state index contributed by atoms with van der Waals surface area (Å²) >= 11 is 12.6. The van der Waals surface area contributed by atoms with Crippen molar-refractivity contribution in [3.05, 3.63) is 51.3 Å². The fraction of sp³-hybridized carbons (Fsp3) is 0.462. The molecule has 1 unspecified atom stereocenters. The Morgan fingerprint density at radius 3 is 2.46 bits per heavy atom. The monoisotopic (exact) mass is 518 g/mol. The number of nitrogens with zero attached hydrogens (tertiary/aromatic N) is 3. The van der Waals surface area contributed by atoms with Gasteiger partial charge in [0.15, 0.2) is 0 Å². The molecule has 2 aliphatic rings. The van der Waals surface area contributed by atoms with Crippen LogP contribution < -0.4 is 10.2 Å². The van der Waals surface area contributed by atoms with Crippen molar-refractivity contribution >= 4 is 46.1 Å². The van der Waals surface area contributed by atoms with Gasteiger partial charge in [-0.1, -0.05) is 23.2 Å². The van der Waals surface area contributed by atoms with Gasteiger partial charge in [0, 0.05) is 43.8 Å². The summed E-state index contributed by atoms with van der Waals surface area (Å²) < 4.78 is 21.8. The minimum atomic E-state index is -0.211. The molecule has 0 spiro atoms. The van der Waals surface area contributed by atoms with Crippen LogP contribution in [0.5, 0.6) is 0 Å². The number of piperidine rings is 1. The summed E-state index contributed by atoms with van der Waals surface area (Å²) in [5.41, 5.74) is 3.47. The average Bonchev–Trinajstić information content (AvgIpc) is 3.49. The summed E-state index contributed by atoms with van der Waals surface area (Å²) in [5.74, 6) is 1.04. The SMILES string of the molecule is Cc1cc(-n2c(N3CCC(C(=O)NCC4CCOC4)CC3)nc3cc(Cl)c(Cl)cc32)cc(C)c1F. The predicted molar refractivity (Wildman–Crippen MR) is 137 cm³/mol. The Morgan fingerprint density at radius 2 is 1.80 bits per heavy atom. The van der Waals surface area contributed by atoms with Crippen LogP contribution in [0.2, 0.25) is 10.0 Å². The number of ether oxygens (including phenoxy) is 1. The van der Waals surface area contributed by atoms with Gasteiger partial charge in [-0.2, -0.15) is 0 Å². The van der Waals surface area contributed by atoms with Gasteiger partial charge in [-0.25, -0.2) is 9.37 Å². The number of benzene rings is 2. The second-order valence-corrected chi connectivity index (χ2v) is 10.4. The molecule has 1 amide bonds. The van der Waals surface area contributed by atoms with Crippen LogP contribution in [0.3, 0.4) is 0 Å². The minimum absolute atomic E-state index is 0.0226. The quantitative estimate of drug-likeness (QED) is 0.487. The number of fused-ring (bicyclic) bond motifs is 1. The van der Waals surface area contributed by atoms with Gasteiger partial charge in [-0.3, -0.25) is 9.36 Å². The van der Waals surface area contributed by atoms with Crippen LogP contribution in [-0.2, 0) is 9.53 Å². The van der Waals surface area contributed by atoms with E-state index in [1.807, 2.05) is 16.7 Å². The fourth-order valence-electron chi connectivity index (χ4n) is 5.05. The number of carbonyl (C=O) groups excluding carboxylic acids is 1. The van der Waals surface area contributed by atoms with Crippen molar-refractivity contribution in [1.29, 1.82) is 0 Å². The molecule has 0 saturated carbocycles. The van der Waals surface area contributed by atoms with Crippen LogP contribution in [-0.4, -0.2) is 48.3 Å². The maximum atomic E-state index is 14.4. The molecule has 0 bridgehead atoms. The van der Waals surface area contributed by atoms with Crippen molar-refractivity contribution in [2.24, 2.45) is 11.8 Å². The molecule has 1 aromatic heterocycles. The molecule has 2 saturated heterocycles. The Labute approximate surface area is 214 Å². The van der Waals surface area contributed by atoms with Gasteiger partial charge >= 0.3 is 0 Å². The van der Waals surface area contributed by atoms with E-state index in [-0.39, 0.29) is 17.6 Å². The minimum Gasteiger partial charge on any atom is -0.381 e. The van der Waals surface area contributed by atoms with Crippen LogP contribution in [0.25, 0.3) is 16.7 Å². The number of imidazole rings is 1. The van der Waals surface area contributed by atoms with Crippen LogP contribution in [0.1, 0.15) is 30.4 Å². The number of carbonyl (C=O) groups is 1. The molecular formula is C26H29Cl2FN4O2. The van der Waals surface area contributed by atoms with Gasteiger partial charge in [0.2, 0.25) is 11.9 Å². The number of halogens is 3. The van der Waals surface area contributed by atoms with Crippen molar-refractivity contribution < 1.29 is 13.9 Å². The van der Waals surface area contributed by atoms with E-state index in [0.717, 1.165) is 49.6 Å². The maximum absolute atomic E-state index is 14.4. The molecule has 0 radical (unpaired) electrons. The highest BCUT2D eigenvalue weighted by atomic mass is 35.5. The highest BCUT2D eigenvalue weighted by Crippen LogP contribution is 2.35. The van der Waals surface area contributed by atoms with Gasteiger partial charge < -0.3 is 15.0 Å². The summed E-state index contributed by atoms with van der Waals surface area (Å²) in [6.45, 7) is 7.09. The van der Waals surface area contributed by atoms with Crippen LogP contribution in [0, 0.1) is 31.5 Å². The van der Waals surface area contributed by atoms with E-state index in [1.165, 1.54) is 0 Å². The van der Waals surface area contributed by atoms with E-state index in [9.17, 15) is 9.18 Å². The van der Waals surface area contributed by atoms with Crippen molar-refractivity contribution in [3.63, 3.8) is 0 Å². The molecule has 3 heterocycles. The van der Waals surface area contributed by atoms with E-state index in [0.29, 0.717) is 52.2 Å². The van der Waals surface area contributed by atoms with Gasteiger partial charge in [0.1, 0.15) is 5.82 Å². The van der Waals surface area contributed by atoms with Gasteiger partial charge in [0.25, 0.3) is 0 Å². The average molecular weight is 519 g/mol. The summed E-state index contributed by atoms with van der Waals surface area (Å²) in [4.78, 5) is 19.8. The molecule has 35 heavy (non-hydrogen) atoms. The number of aromatic nitrogens is 2. The summed E-state index contributed by atoms with van der Waals surface area (Å²) in [5, 5.41) is 3.99. The molecule has 5 rings (SSSR count). The van der Waals surface area contributed by atoms with Crippen molar-refractivity contribution in [1.82, 2.24) is 14.9 Å². The molecule has 2 aliphatic heterocycles. The molecule has 2 fully saturated rings. The molecular weight excluding hydrogens is 490 g/mol. The van der Waals surface area contributed by atoms with Crippen molar-refractivity contribution in [2.45, 2.75) is 33.1 Å². The lowest BCUT2D eigenvalue weighted by Crippen LogP contribution is -2.42. The van der Waals surface area contributed by atoms with Gasteiger partial charge in [0.05, 0.1) is 27.7 Å². The molecule has 6 nitrogen and oxygen atoms in total. The third-order valence-corrected chi connectivity index (χ3v) is 7.82. The lowest BCUT2D eigenvalue weighted by Gasteiger charge is -2.32. The zero-order valence-electron chi connectivity index (χ0n) is 19.9. The van der Waals surface area contributed by atoms with E-state index < -0.39 is 0 Å². The zero-order chi connectivity index (χ0) is 24.7. The molecule has 3 aromatic rings. The zero-order valence-corrected chi connectivity index (χ0v) is 21.4. The number of amides is 1. The molecule has 9 heteroatoms. The van der Waals surface area contributed by atoms with Gasteiger partial charge in [-0.05, 0) is 68.5 Å². The lowest BCUT2D eigenvalue weighted by molar-refractivity contribution is -0.125. The number of hydrogen-bond donors (Lipinski definition) is 1. The van der Waals surface area contributed by atoms with E-state index in [2.05, 4.69) is 10.2 Å². The van der Waals surface area contributed by atoms with Crippen LogP contribution in [0.15, 0.2) is 24.3 Å². The highest BCUT2D eigenvalue weighted by Gasteiger charge is 2.29. The third-order valence-electron chi connectivity index (χ3n) is 7.10. The molecule has 0 aliphatic carbocycles. The van der Waals surface area contributed by atoms with E-state index in [4.69, 9.17) is 32.9 Å². The normalized spacial score (nSPS) is 19.0. The summed E-state index contributed by atoms with van der Waals surface area (Å²) in [7, 11) is 0. The number of rotatable bonds is 5. The fourth-order valence-corrected chi connectivity index (χ4v) is 5.37. The summed E-state index contributed by atoms with van der Waals surface area (Å²) in [6.07, 6.45) is 2.48. The lowest BCUT2D eigenvalue weighted by atomic mass is 9.95. The van der Waals surface area contributed by atoms with Crippen LogP contribution >= 0.6 is 23.2 Å². The Balaban J connectivity index is 1.41. The largest absolute Gasteiger partial charge is 0.381 e. The first-order chi connectivity index (χ1) is 16.8. The van der Waals surface area contributed by atoms with Crippen molar-refractivity contribution in [3.8, 4) is 5.69 Å². The Kier molecular flexibility index (Phi) is 6.93. The Morgan fingerprint density at radius 1 is 1.11 bits per heavy atom. The second-order valence-electron chi connectivity index (χ2n) is 9.63. The van der Waals surface area contributed by atoms with Gasteiger partial charge in [-0.15, -0.1) is 0 Å². The number of nitrogens with one attached hydrogen (secondary N) is 1. The highest BCUT2D eigenvalue weighted by molar-refractivity contribution is 6.42. The predicted octanol–water partition coefficient (Wildman–Crippen LogP) is 5.46. The molecule has 1 N–H and O–H groups in total. The van der Waals surface area contributed by atoms with Crippen molar-refractivity contribution in [2.75, 3.05) is 37.7 Å². The first-order valence-corrected chi connectivity index (χ1v) is 12.8. The topological polar surface area (TPSA) is 59.4 Å². The molecule has 1 atom stereocenters. The third kappa shape index (κ3) is 4.86. The van der Waals surface area contributed by atoms with E-state index >= 15 is 0 Å². The second kappa shape index (κ2) is 9.96. The van der Waals surface area contributed by atoms with Crippen LogP contribution in [0.4, 0.5) is 10.3 Å².